The Labute approximate surface area is 281 Å². The maximum absolute atomic E-state index is 13.1. The van der Waals surface area contributed by atoms with E-state index in [1.165, 1.54) is 37.3 Å². The Kier molecular flexibility index (Phi) is 10.4. The van der Waals surface area contributed by atoms with Crippen LogP contribution in [0.15, 0.2) is 79.3 Å². The molecule has 4 aromatic rings. The number of nitrogens with one attached hydrogen (secondary N) is 2. The van der Waals surface area contributed by atoms with Crippen LogP contribution in [-0.2, 0) is 31.3 Å². The predicted octanol–water partition coefficient (Wildman–Crippen LogP) is 3.34. The van der Waals surface area contributed by atoms with E-state index in [0.717, 1.165) is 17.5 Å². The van der Waals surface area contributed by atoms with Crippen molar-refractivity contribution in [3.05, 3.63) is 81.2 Å². The number of benzene rings is 2. The van der Waals surface area contributed by atoms with Crippen molar-refractivity contribution in [2.75, 3.05) is 10.6 Å². The molecule has 4 rings (SSSR count). The van der Waals surface area contributed by atoms with Crippen molar-refractivity contribution >= 4 is 78.1 Å². The van der Waals surface area contributed by atoms with Crippen LogP contribution in [0.2, 0.25) is 5.28 Å². The average molecular weight is 734 g/mol. The number of nitrogens with zero attached hydrogens (tertiary/aromatic N) is 6. The van der Waals surface area contributed by atoms with Crippen LogP contribution in [0.1, 0.15) is 22.3 Å². The number of aromatic nitrogens is 4. The fourth-order valence-electron chi connectivity index (χ4n) is 4.17. The highest BCUT2D eigenvalue weighted by Crippen LogP contribution is 2.32. The summed E-state index contributed by atoms with van der Waals surface area (Å²) in [7, 11) is -8.58. The molecule has 1 amide bonds. The van der Waals surface area contributed by atoms with E-state index >= 15 is 0 Å². The van der Waals surface area contributed by atoms with Crippen molar-refractivity contribution in [2.45, 2.75) is 29.7 Å². The third kappa shape index (κ3) is 8.39. The summed E-state index contributed by atoms with van der Waals surface area (Å²) in [5.74, 6) is -3.65. The van der Waals surface area contributed by atoms with Gasteiger partial charge in [-0.2, -0.15) is 23.4 Å². The Morgan fingerprint density at radius 3 is 2.16 bits per heavy atom. The molecule has 19 nitrogen and oxygen atoms in total. The van der Waals surface area contributed by atoms with E-state index in [1.807, 2.05) is 0 Å². The van der Waals surface area contributed by atoms with Crippen LogP contribution in [-0.4, -0.2) is 63.0 Å². The molecule has 0 atom stereocenters. The van der Waals surface area contributed by atoms with Gasteiger partial charge in [0.05, 0.1) is 11.3 Å². The van der Waals surface area contributed by atoms with Gasteiger partial charge in [0.2, 0.25) is 23.1 Å². The minimum atomic E-state index is -4.92. The highest BCUT2D eigenvalue weighted by molar-refractivity contribution is 7.94. The summed E-state index contributed by atoms with van der Waals surface area (Å²) in [6, 6.07) is 8.74. The number of azo groups is 1. The standard InChI is InChI=1S/C27H24ClN9O10S2/c1-3-48(43,44)16-7-4-14(5-8-16)30-26-32-25(28)33-27(34-26)31-15-6-9-18(49(45,46)47)17(12-15)35-36-21-13(2)20(22(29)40)23(41)37(24(21)42)11-10-19(38)39/h3-9,12,41H,1,10-11H2,2H3,(H2,29,40)(H,38,39)(H,45,46,47)(H2,30,31,32,33,34). The van der Waals surface area contributed by atoms with Crippen molar-refractivity contribution in [1.82, 2.24) is 19.5 Å². The normalized spacial score (nSPS) is 11.7. The van der Waals surface area contributed by atoms with Crippen molar-refractivity contribution in [1.29, 1.82) is 0 Å². The van der Waals surface area contributed by atoms with Crippen LogP contribution in [0.3, 0.4) is 0 Å². The molecule has 0 radical (unpaired) electrons. The molecule has 22 heteroatoms. The number of primary amides is 1. The van der Waals surface area contributed by atoms with Gasteiger partial charge in [0.1, 0.15) is 16.1 Å². The molecule has 49 heavy (non-hydrogen) atoms. The molecular weight excluding hydrogens is 710 g/mol. The molecule has 256 valence electrons. The third-order valence-electron chi connectivity index (χ3n) is 6.47. The number of carboxylic acids is 1. The molecule has 0 saturated carbocycles. The van der Waals surface area contributed by atoms with E-state index in [4.69, 9.17) is 22.4 Å². The second kappa shape index (κ2) is 14.1. The maximum Gasteiger partial charge on any atom is 0.305 e. The molecule has 2 aromatic heterocycles. The second-order valence-electron chi connectivity index (χ2n) is 9.73. The summed E-state index contributed by atoms with van der Waals surface area (Å²) < 4.78 is 58.6. The number of carbonyl (C=O) groups excluding carboxylic acids is 1. The van der Waals surface area contributed by atoms with Crippen LogP contribution in [0.25, 0.3) is 0 Å². The number of anilines is 4. The number of aliphatic carboxylic acids is 1. The van der Waals surface area contributed by atoms with E-state index in [1.54, 1.807) is 0 Å². The molecule has 0 spiro atoms. The average Bonchev–Trinajstić information content (AvgIpc) is 3.00. The van der Waals surface area contributed by atoms with Gasteiger partial charge < -0.3 is 26.6 Å². The Morgan fingerprint density at radius 2 is 1.61 bits per heavy atom. The number of aromatic hydroxyl groups is 1. The van der Waals surface area contributed by atoms with Gasteiger partial charge in [-0.25, -0.2) is 8.42 Å². The van der Waals surface area contributed by atoms with Crippen molar-refractivity contribution < 1.29 is 41.2 Å². The molecule has 0 unspecified atom stereocenters. The predicted molar refractivity (Wildman–Crippen MR) is 174 cm³/mol. The van der Waals surface area contributed by atoms with Crippen molar-refractivity contribution in [2.24, 2.45) is 16.0 Å². The molecule has 0 saturated heterocycles. The summed E-state index contributed by atoms with van der Waals surface area (Å²) in [5, 5.41) is 33.2. The number of nitrogens with two attached hydrogens (primary N) is 1. The number of carboxylic acid groups (broad SMARTS) is 1. The third-order valence-corrected chi connectivity index (χ3v) is 8.91. The number of amides is 1. The zero-order chi connectivity index (χ0) is 36.3. The molecule has 2 heterocycles. The zero-order valence-electron chi connectivity index (χ0n) is 24.9. The van der Waals surface area contributed by atoms with E-state index < -0.39 is 78.1 Å². The van der Waals surface area contributed by atoms with Gasteiger partial charge >= 0.3 is 5.97 Å². The zero-order valence-corrected chi connectivity index (χ0v) is 27.3. The lowest BCUT2D eigenvalue weighted by Crippen LogP contribution is -2.26. The first-order valence-corrected chi connectivity index (χ1v) is 16.7. The Morgan fingerprint density at radius 1 is 1.02 bits per heavy atom. The maximum atomic E-state index is 13.1. The van der Waals surface area contributed by atoms with Crippen LogP contribution in [0, 0.1) is 6.92 Å². The highest BCUT2D eigenvalue weighted by Gasteiger charge is 2.24. The smallest absolute Gasteiger partial charge is 0.305 e. The number of hydrogen-bond acceptors (Lipinski definition) is 15. The fourth-order valence-corrected chi connectivity index (χ4v) is 5.64. The quantitative estimate of drug-likeness (QED) is 0.0848. The summed E-state index contributed by atoms with van der Waals surface area (Å²) >= 11 is 6.06. The highest BCUT2D eigenvalue weighted by atomic mass is 35.5. The van der Waals surface area contributed by atoms with Gasteiger partial charge in [-0.05, 0) is 61.0 Å². The number of carbonyl (C=O) groups is 2. The number of rotatable bonds is 13. The van der Waals surface area contributed by atoms with Gasteiger partial charge in [-0.3, -0.25) is 23.5 Å². The van der Waals surface area contributed by atoms with Crippen molar-refractivity contribution in [3.63, 3.8) is 0 Å². The first kappa shape index (κ1) is 36.1. The minimum Gasteiger partial charge on any atom is -0.494 e. The summed E-state index contributed by atoms with van der Waals surface area (Å²) in [5.41, 5.74) is 2.80. The SMILES string of the molecule is C=CS(=O)(=O)c1ccc(Nc2nc(Cl)nc(Nc3ccc(S(=O)(=O)O)c(N=Nc4c(C)c(C(N)=O)c(O)n(CCC(=O)O)c4=O)c3)n2)cc1. The van der Waals surface area contributed by atoms with Crippen LogP contribution in [0.5, 0.6) is 5.88 Å². The molecule has 0 fully saturated rings. The van der Waals surface area contributed by atoms with E-state index in [0.29, 0.717) is 10.3 Å². The molecule has 0 aliphatic heterocycles. The minimum absolute atomic E-state index is 0.00289. The lowest BCUT2D eigenvalue weighted by atomic mass is 10.1. The largest absolute Gasteiger partial charge is 0.494 e. The van der Waals surface area contributed by atoms with E-state index in [9.17, 15) is 40.9 Å². The summed E-state index contributed by atoms with van der Waals surface area (Å²) in [6.07, 6.45) is -0.628. The summed E-state index contributed by atoms with van der Waals surface area (Å²) in [6.45, 7) is 3.90. The Hall–Kier alpha value is -5.77. The van der Waals surface area contributed by atoms with E-state index in [-0.39, 0.29) is 33.3 Å². The van der Waals surface area contributed by atoms with Crippen LogP contribution < -0.4 is 21.9 Å². The topological polar surface area (TPSA) is 299 Å². The number of hydrogen-bond donors (Lipinski definition) is 6. The van der Waals surface area contributed by atoms with Gasteiger partial charge in [0.15, 0.2) is 15.5 Å². The number of sulfone groups is 1. The van der Waals surface area contributed by atoms with Gasteiger partial charge in [-0.15, -0.1) is 10.2 Å². The molecule has 0 aliphatic carbocycles. The lowest BCUT2D eigenvalue weighted by Gasteiger charge is -2.14. The first-order valence-electron chi connectivity index (χ1n) is 13.4. The Bertz CT molecular complexity index is 2310. The summed E-state index contributed by atoms with van der Waals surface area (Å²) in [4.78, 5) is 47.6. The number of pyridine rings is 1. The van der Waals surface area contributed by atoms with Crippen LogP contribution in [0.4, 0.5) is 34.6 Å². The molecule has 7 N–H and O–H groups in total. The monoisotopic (exact) mass is 733 g/mol. The van der Waals surface area contributed by atoms with Gasteiger partial charge in [0, 0.05) is 28.9 Å². The lowest BCUT2D eigenvalue weighted by molar-refractivity contribution is -0.137. The Balaban J connectivity index is 1.72. The van der Waals surface area contributed by atoms with Gasteiger partial charge in [-0.1, -0.05) is 6.58 Å². The van der Waals surface area contributed by atoms with Crippen LogP contribution >= 0.6 is 11.6 Å². The molecule has 0 aliphatic rings. The molecular formula is C27H24ClN9O10S2. The fraction of sp³-hybridized carbons (Fsp3) is 0.111. The molecule has 2 aromatic carbocycles. The van der Waals surface area contributed by atoms with Gasteiger partial charge in [0.25, 0.3) is 21.6 Å². The number of halogens is 1. The second-order valence-corrected chi connectivity index (χ2v) is 13.4. The molecule has 0 bridgehead atoms. The first-order chi connectivity index (χ1) is 22.9. The van der Waals surface area contributed by atoms with Crippen molar-refractivity contribution in [3.8, 4) is 5.88 Å². The van der Waals surface area contributed by atoms with E-state index in [2.05, 4.69) is 42.4 Å².